The summed E-state index contributed by atoms with van der Waals surface area (Å²) in [7, 11) is 1.00. The molecule has 82 valence electrons. The second-order valence-corrected chi connectivity index (χ2v) is 4.22. The number of nitrogens with zero attached hydrogens (tertiary/aromatic N) is 1. The van der Waals surface area contributed by atoms with Gasteiger partial charge in [-0.15, -0.1) is 11.3 Å². The van der Waals surface area contributed by atoms with Crippen molar-refractivity contribution in [1.29, 1.82) is 0 Å². The molecule has 2 heterocycles. The van der Waals surface area contributed by atoms with Gasteiger partial charge in [0, 0.05) is 12.7 Å². The van der Waals surface area contributed by atoms with Crippen LogP contribution in [-0.2, 0) is 6.54 Å². The summed E-state index contributed by atoms with van der Waals surface area (Å²) in [5.41, 5.74) is 3.76. The minimum Gasteiger partial charge on any atom is -0.400 e. The van der Waals surface area contributed by atoms with Crippen molar-refractivity contribution in [1.82, 2.24) is 0 Å². The van der Waals surface area contributed by atoms with Gasteiger partial charge < -0.3 is 5.11 Å². The number of aliphatic hydroxyl groups excluding tert-OH is 1. The maximum Gasteiger partial charge on any atom is 0.0826 e. The van der Waals surface area contributed by atoms with E-state index >= 15 is 0 Å². The minimum atomic E-state index is 0.850. The highest BCUT2D eigenvalue weighted by atomic mass is 32.1. The number of rotatable bonds is 1. The number of aliphatic hydroxyl groups is 1. The molecule has 3 heteroatoms. The fourth-order valence-corrected chi connectivity index (χ4v) is 2.67. The summed E-state index contributed by atoms with van der Waals surface area (Å²) >= 11 is 1.78. The standard InChI is InChI=1S/C12H9NS.CH4O/c1-2-4-9(5-3-1)11-12-10(8-13-11)6-7-14-12;1-2/h1-7H,8H2;2H,1H3. The van der Waals surface area contributed by atoms with Gasteiger partial charge in [-0.1, -0.05) is 30.3 Å². The summed E-state index contributed by atoms with van der Waals surface area (Å²) in [6, 6.07) is 12.6. The second kappa shape index (κ2) is 5.05. The Labute approximate surface area is 98.9 Å². The van der Waals surface area contributed by atoms with Gasteiger partial charge in [-0.2, -0.15) is 0 Å². The molecule has 0 amide bonds. The summed E-state index contributed by atoms with van der Waals surface area (Å²) in [6.07, 6.45) is 0. The molecule has 1 N–H and O–H groups in total. The lowest BCUT2D eigenvalue weighted by molar-refractivity contribution is 0.399. The van der Waals surface area contributed by atoms with E-state index in [1.807, 2.05) is 6.07 Å². The molecule has 3 rings (SSSR count). The van der Waals surface area contributed by atoms with Crippen molar-refractivity contribution in [2.45, 2.75) is 6.54 Å². The first-order valence-corrected chi connectivity index (χ1v) is 5.94. The molecule has 1 aromatic heterocycles. The van der Waals surface area contributed by atoms with Gasteiger partial charge in [0.15, 0.2) is 0 Å². The average Bonchev–Trinajstić information content (AvgIpc) is 2.94. The van der Waals surface area contributed by atoms with Crippen molar-refractivity contribution in [2.75, 3.05) is 7.11 Å². The first kappa shape index (κ1) is 11.0. The number of benzene rings is 1. The van der Waals surface area contributed by atoms with E-state index in [-0.39, 0.29) is 0 Å². The molecule has 16 heavy (non-hydrogen) atoms. The van der Waals surface area contributed by atoms with Gasteiger partial charge >= 0.3 is 0 Å². The topological polar surface area (TPSA) is 32.6 Å². The van der Waals surface area contributed by atoms with Gasteiger partial charge in [0.05, 0.1) is 17.1 Å². The van der Waals surface area contributed by atoms with E-state index < -0.39 is 0 Å². The third-order valence-corrected chi connectivity index (χ3v) is 3.38. The lowest BCUT2D eigenvalue weighted by Crippen LogP contribution is -1.96. The SMILES string of the molecule is CO.c1ccc(C2=NCc3ccsc32)cc1. The number of hydrogen-bond acceptors (Lipinski definition) is 3. The zero-order valence-corrected chi connectivity index (χ0v) is 9.87. The summed E-state index contributed by atoms with van der Waals surface area (Å²) in [6.45, 7) is 0.850. The van der Waals surface area contributed by atoms with Crippen molar-refractivity contribution < 1.29 is 5.11 Å². The molecule has 1 aromatic carbocycles. The van der Waals surface area contributed by atoms with Crippen LogP contribution < -0.4 is 0 Å². The van der Waals surface area contributed by atoms with E-state index in [0.29, 0.717) is 0 Å². The molecule has 0 saturated heterocycles. The van der Waals surface area contributed by atoms with Crippen LogP contribution in [0, 0.1) is 0 Å². The minimum absolute atomic E-state index is 0.850. The zero-order valence-electron chi connectivity index (χ0n) is 9.05. The average molecular weight is 231 g/mol. The van der Waals surface area contributed by atoms with Crippen LogP contribution in [0.25, 0.3) is 0 Å². The number of thiophene rings is 1. The fraction of sp³-hybridized carbons (Fsp3) is 0.154. The lowest BCUT2D eigenvalue weighted by atomic mass is 10.1. The Morgan fingerprint density at radius 3 is 2.62 bits per heavy atom. The van der Waals surface area contributed by atoms with E-state index in [1.165, 1.54) is 16.0 Å². The van der Waals surface area contributed by atoms with E-state index in [1.54, 1.807) is 11.3 Å². The molecule has 1 aliphatic rings. The monoisotopic (exact) mass is 231 g/mol. The molecule has 0 saturated carbocycles. The number of fused-ring (bicyclic) bond motifs is 1. The van der Waals surface area contributed by atoms with Crippen molar-refractivity contribution in [3.05, 3.63) is 57.8 Å². The molecule has 0 spiro atoms. The Balaban J connectivity index is 0.000000457. The van der Waals surface area contributed by atoms with Crippen LogP contribution in [0.5, 0.6) is 0 Å². The van der Waals surface area contributed by atoms with Crippen LogP contribution in [0.2, 0.25) is 0 Å². The third kappa shape index (κ3) is 1.92. The number of aliphatic imine (C=N–C) groups is 1. The van der Waals surface area contributed by atoms with Gasteiger partial charge in [0.25, 0.3) is 0 Å². The van der Waals surface area contributed by atoms with E-state index in [4.69, 9.17) is 5.11 Å². The summed E-state index contributed by atoms with van der Waals surface area (Å²) in [5.74, 6) is 0. The van der Waals surface area contributed by atoms with Crippen LogP contribution in [-0.4, -0.2) is 17.9 Å². The maximum atomic E-state index is 7.00. The zero-order chi connectivity index (χ0) is 11.4. The van der Waals surface area contributed by atoms with Gasteiger partial charge in [0.1, 0.15) is 0 Å². The van der Waals surface area contributed by atoms with Crippen LogP contribution in [0.4, 0.5) is 0 Å². The Kier molecular flexibility index (Phi) is 3.49. The van der Waals surface area contributed by atoms with Gasteiger partial charge in [0.2, 0.25) is 0 Å². The largest absolute Gasteiger partial charge is 0.400 e. The molecule has 0 unspecified atom stereocenters. The van der Waals surface area contributed by atoms with Crippen molar-refractivity contribution in [3.8, 4) is 0 Å². The second-order valence-electron chi connectivity index (χ2n) is 3.31. The molecule has 0 radical (unpaired) electrons. The van der Waals surface area contributed by atoms with Crippen LogP contribution >= 0.6 is 11.3 Å². The molecule has 1 aliphatic heterocycles. The molecule has 0 bridgehead atoms. The summed E-state index contributed by atoms with van der Waals surface area (Å²) in [4.78, 5) is 5.90. The van der Waals surface area contributed by atoms with E-state index in [9.17, 15) is 0 Å². The van der Waals surface area contributed by atoms with Crippen molar-refractivity contribution in [3.63, 3.8) is 0 Å². The highest BCUT2D eigenvalue weighted by Crippen LogP contribution is 2.27. The third-order valence-electron chi connectivity index (χ3n) is 2.42. The lowest BCUT2D eigenvalue weighted by Gasteiger charge is -1.99. The Bertz CT molecular complexity index is 488. The quantitative estimate of drug-likeness (QED) is 0.804. The summed E-state index contributed by atoms with van der Waals surface area (Å²) in [5, 5.41) is 9.14. The van der Waals surface area contributed by atoms with Crippen LogP contribution in [0.15, 0.2) is 46.8 Å². The van der Waals surface area contributed by atoms with Crippen LogP contribution in [0.3, 0.4) is 0 Å². The smallest absolute Gasteiger partial charge is 0.0826 e. The Morgan fingerprint density at radius 1 is 1.12 bits per heavy atom. The fourth-order valence-electron chi connectivity index (χ4n) is 1.72. The first-order valence-electron chi connectivity index (χ1n) is 5.06. The molecule has 2 aromatic rings. The van der Waals surface area contributed by atoms with Crippen LogP contribution in [0.1, 0.15) is 16.0 Å². The first-order chi connectivity index (χ1) is 7.95. The molecular weight excluding hydrogens is 218 g/mol. The Morgan fingerprint density at radius 2 is 1.88 bits per heavy atom. The molecule has 0 aliphatic carbocycles. The predicted octanol–water partition coefficient (Wildman–Crippen LogP) is 2.71. The van der Waals surface area contributed by atoms with Gasteiger partial charge in [-0.05, 0) is 17.0 Å². The molecular formula is C13H13NOS. The number of hydrogen-bond donors (Lipinski definition) is 1. The Hall–Kier alpha value is -1.45. The highest BCUT2D eigenvalue weighted by molar-refractivity contribution is 7.12. The normalized spacial score (nSPS) is 12.5. The van der Waals surface area contributed by atoms with E-state index in [2.05, 4.69) is 40.7 Å². The van der Waals surface area contributed by atoms with Crippen molar-refractivity contribution >= 4 is 17.0 Å². The maximum absolute atomic E-state index is 7.00. The van der Waals surface area contributed by atoms with Gasteiger partial charge in [-0.3, -0.25) is 4.99 Å². The van der Waals surface area contributed by atoms with Gasteiger partial charge in [-0.25, -0.2) is 0 Å². The van der Waals surface area contributed by atoms with Crippen molar-refractivity contribution in [2.24, 2.45) is 4.99 Å². The highest BCUT2D eigenvalue weighted by Gasteiger charge is 2.17. The molecule has 2 nitrogen and oxygen atoms in total. The summed E-state index contributed by atoms with van der Waals surface area (Å²) < 4.78 is 0. The molecule has 0 atom stereocenters. The molecule has 0 fully saturated rings. The van der Waals surface area contributed by atoms with E-state index in [0.717, 1.165) is 19.4 Å². The predicted molar refractivity (Wildman–Crippen MR) is 68.2 cm³/mol.